The van der Waals surface area contributed by atoms with Gasteiger partial charge in [-0.15, -0.1) is 0 Å². The molecule has 10 heteroatoms. The number of nitrogens with zero attached hydrogens (tertiary/aromatic N) is 2. The molecule has 0 bridgehead atoms. The molecule has 0 spiro atoms. The Balaban J connectivity index is 1.61. The molecule has 2 aliphatic rings. The Labute approximate surface area is 179 Å². The Bertz CT molecular complexity index is 926. The summed E-state index contributed by atoms with van der Waals surface area (Å²) < 4.78 is 54.4. The third kappa shape index (κ3) is 5.40. The Hall–Kier alpha value is -1.49. The number of sulfonamides is 2. The molecule has 1 aromatic carbocycles. The molecule has 30 heavy (non-hydrogen) atoms. The molecule has 2 fully saturated rings. The third-order valence-electron chi connectivity index (χ3n) is 5.74. The van der Waals surface area contributed by atoms with Crippen molar-refractivity contribution in [3.05, 3.63) is 30.3 Å². The zero-order chi connectivity index (χ0) is 21.8. The van der Waals surface area contributed by atoms with E-state index in [-0.39, 0.29) is 22.6 Å². The van der Waals surface area contributed by atoms with E-state index in [1.165, 1.54) is 4.31 Å². The van der Waals surface area contributed by atoms with E-state index in [1.54, 1.807) is 35.2 Å². The summed E-state index contributed by atoms with van der Waals surface area (Å²) in [5.74, 6) is -0.0983. The molecule has 0 aliphatic carbocycles. The Kier molecular flexibility index (Phi) is 7.54. The van der Waals surface area contributed by atoms with Crippen molar-refractivity contribution in [2.24, 2.45) is 0 Å². The normalized spacial score (nSPS) is 22.2. The predicted molar refractivity (Wildman–Crippen MR) is 115 cm³/mol. The van der Waals surface area contributed by atoms with Crippen LogP contribution in [0.3, 0.4) is 0 Å². The van der Waals surface area contributed by atoms with Crippen molar-refractivity contribution in [2.45, 2.75) is 62.4 Å². The number of carbonyl (C=O) groups is 1. The van der Waals surface area contributed by atoms with E-state index in [2.05, 4.69) is 4.72 Å². The van der Waals surface area contributed by atoms with Gasteiger partial charge in [0.1, 0.15) is 6.04 Å². The van der Waals surface area contributed by atoms with Gasteiger partial charge in [-0.25, -0.2) is 21.6 Å². The van der Waals surface area contributed by atoms with E-state index >= 15 is 0 Å². The highest BCUT2D eigenvalue weighted by Gasteiger charge is 2.39. The minimum absolute atomic E-state index is 0.0557. The first kappa shape index (κ1) is 23.2. The van der Waals surface area contributed by atoms with Crippen LogP contribution < -0.4 is 4.72 Å². The van der Waals surface area contributed by atoms with Crippen LogP contribution in [0.2, 0.25) is 0 Å². The standard InChI is InChI=1S/C20H31N3O5S2/c1-2-16-29(25,26)23-13-7-6-10-19(23)20(24)22-14-11-17(12-15-22)21-30(27,28)18-8-4-3-5-9-18/h3-5,8-9,17,19,21H,2,6-7,10-16H2,1H3. The van der Waals surface area contributed by atoms with Crippen LogP contribution in [0.1, 0.15) is 45.4 Å². The molecule has 0 radical (unpaired) electrons. The third-order valence-corrected chi connectivity index (χ3v) is 9.35. The molecule has 1 unspecified atom stereocenters. The molecular formula is C20H31N3O5S2. The Morgan fingerprint density at radius 1 is 1.00 bits per heavy atom. The van der Waals surface area contributed by atoms with Gasteiger partial charge in [-0.05, 0) is 44.2 Å². The molecule has 1 atom stereocenters. The van der Waals surface area contributed by atoms with Gasteiger partial charge in [-0.1, -0.05) is 31.5 Å². The van der Waals surface area contributed by atoms with Crippen molar-refractivity contribution in [3.8, 4) is 0 Å². The van der Waals surface area contributed by atoms with Crippen LogP contribution in [0.25, 0.3) is 0 Å². The summed E-state index contributed by atoms with van der Waals surface area (Å²) in [6, 6.07) is 7.35. The summed E-state index contributed by atoms with van der Waals surface area (Å²) in [6.07, 6.45) is 3.69. The van der Waals surface area contributed by atoms with Crippen LogP contribution in [-0.2, 0) is 24.8 Å². The number of benzene rings is 1. The number of amides is 1. The predicted octanol–water partition coefficient (Wildman–Crippen LogP) is 1.55. The van der Waals surface area contributed by atoms with E-state index in [1.807, 2.05) is 6.92 Å². The van der Waals surface area contributed by atoms with Gasteiger partial charge in [0.15, 0.2) is 0 Å². The molecule has 0 aromatic heterocycles. The maximum atomic E-state index is 13.1. The van der Waals surface area contributed by atoms with E-state index in [0.717, 1.165) is 12.8 Å². The molecule has 1 aromatic rings. The van der Waals surface area contributed by atoms with E-state index in [9.17, 15) is 21.6 Å². The van der Waals surface area contributed by atoms with Crippen LogP contribution >= 0.6 is 0 Å². The fraction of sp³-hybridized carbons (Fsp3) is 0.650. The Morgan fingerprint density at radius 2 is 1.67 bits per heavy atom. The maximum Gasteiger partial charge on any atom is 0.241 e. The first-order valence-corrected chi connectivity index (χ1v) is 13.7. The summed E-state index contributed by atoms with van der Waals surface area (Å²) in [5.41, 5.74) is 0. The number of hydrogen-bond acceptors (Lipinski definition) is 5. The number of nitrogens with one attached hydrogen (secondary N) is 1. The highest BCUT2D eigenvalue weighted by Crippen LogP contribution is 2.25. The minimum atomic E-state index is -3.59. The van der Waals surface area contributed by atoms with Gasteiger partial charge in [-0.2, -0.15) is 4.31 Å². The highest BCUT2D eigenvalue weighted by atomic mass is 32.2. The molecule has 168 valence electrons. The molecule has 2 aliphatic heterocycles. The second-order valence-corrected chi connectivity index (χ2v) is 11.7. The molecule has 0 saturated carbocycles. The number of carbonyl (C=O) groups excluding carboxylic acids is 1. The summed E-state index contributed by atoms with van der Waals surface area (Å²) in [7, 11) is -7.03. The first-order valence-electron chi connectivity index (χ1n) is 10.6. The van der Waals surface area contributed by atoms with Crippen molar-refractivity contribution in [2.75, 3.05) is 25.4 Å². The van der Waals surface area contributed by atoms with Crippen molar-refractivity contribution >= 4 is 26.0 Å². The first-order chi connectivity index (χ1) is 14.2. The number of rotatable bonds is 7. The average molecular weight is 458 g/mol. The molecule has 8 nitrogen and oxygen atoms in total. The summed E-state index contributed by atoms with van der Waals surface area (Å²) in [6.45, 7) is 3.05. The van der Waals surface area contributed by atoms with Crippen LogP contribution in [0, 0.1) is 0 Å². The summed E-state index contributed by atoms with van der Waals surface area (Å²) >= 11 is 0. The lowest BCUT2D eigenvalue weighted by molar-refractivity contribution is -0.137. The highest BCUT2D eigenvalue weighted by molar-refractivity contribution is 7.89. The zero-order valence-electron chi connectivity index (χ0n) is 17.4. The van der Waals surface area contributed by atoms with Crippen molar-refractivity contribution in [1.82, 2.24) is 13.9 Å². The van der Waals surface area contributed by atoms with Gasteiger partial charge >= 0.3 is 0 Å². The fourth-order valence-electron chi connectivity index (χ4n) is 4.18. The number of likely N-dealkylation sites (tertiary alicyclic amines) is 1. The minimum Gasteiger partial charge on any atom is -0.341 e. The van der Waals surface area contributed by atoms with Gasteiger partial charge in [0.2, 0.25) is 26.0 Å². The van der Waals surface area contributed by atoms with Crippen molar-refractivity contribution < 1.29 is 21.6 Å². The van der Waals surface area contributed by atoms with Gasteiger partial charge in [0.05, 0.1) is 10.6 Å². The monoisotopic (exact) mass is 457 g/mol. The number of piperidine rings is 2. The zero-order valence-corrected chi connectivity index (χ0v) is 19.0. The van der Waals surface area contributed by atoms with Gasteiger partial charge < -0.3 is 4.90 Å². The molecule has 2 heterocycles. The lowest BCUT2D eigenvalue weighted by atomic mass is 10.0. The Morgan fingerprint density at radius 3 is 2.30 bits per heavy atom. The van der Waals surface area contributed by atoms with Crippen LogP contribution in [0.15, 0.2) is 35.2 Å². The summed E-state index contributed by atoms with van der Waals surface area (Å²) in [4.78, 5) is 15.0. The quantitative estimate of drug-likeness (QED) is 0.669. The fourth-order valence-corrected chi connectivity index (χ4v) is 7.24. The smallest absolute Gasteiger partial charge is 0.241 e. The average Bonchev–Trinajstić information content (AvgIpc) is 2.74. The molecule has 3 rings (SSSR count). The molecule has 1 N–H and O–H groups in total. The molecular weight excluding hydrogens is 426 g/mol. The van der Waals surface area contributed by atoms with Gasteiger partial charge in [0.25, 0.3) is 0 Å². The largest absolute Gasteiger partial charge is 0.341 e. The van der Waals surface area contributed by atoms with Crippen LogP contribution in [0.5, 0.6) is 0 Å². The molecule has 1 amide bonds. The summed E-state index contributed by atoms with van der Waals surface area (Å²) in [5, 5.41) is 0. The van der Waals surface area contributed by atoms with E-state index in [0.29, 0.717) is 45.3 Å². The van der Waals surface area contributed by atoms with Gasteiger partial charge in [0, 0.05) is 25.7 Å². The number of hydrogen-bond donors (Lipinski definition) is 1. The van der Waals surface area contributed by atoms with Crippen molar-refractivity contribution in [1.29, 1.82) is 0 Å². The van der Waals surface area contributed by atoms with E-state index in [4.69, 9.17) is 0 Å². The van der Waals surface area contributed by atoms with E-state index < -0.39 is 26.1 Å². The van der Waals surface area contributed by atoms with Crippen LogP contribution in [-0.4, -0.2) is 69.4 Å². The topological polar surface area (TPSA) is 104 Å². The lowest BCUT2D eigenvalue weighted by Gasteiger charge is -2.39. The lowest BCUT2D eigenvalue weighted by Crippen LogP contribution is -2.56. The SMILES string of the molecule is CCCS(=O)(=O)N1CCCCC1C(=O)N1CCC(NS(=O)(=O)c2ccccc2)CC1. The molecule has 2 saturated heterocycles. The second kappa shape index (κ2) is 9.76. The van der Waals surface area contributed by atoms with Crippen molar-refractivity contribution in [3.63, 3.8) is 0 Å². The van der Waals surface area contributed by atoms with Gasteiger partial charge in [-0.3, -0.25) is 4.79 Å². The maximum absolute atomic E-state index is 13.1. The second-order valence-electron chi connectivity index (χ2n) is 7.97. The van der Waals surface area contributed by atoms with Crippen LogP contribution in [0.4, 0.5) is 0 Å².